The van der Waals surface area contributed by atoms with Crippen molar-refractivity contribution < 1.29 is 19.1 Å². The molecular formula is C30H26O4. The summed E-state index contributed by atoms with van der Waals surface area (Å²) in [5, 5.41) is 0. The molecule has 0 aromatic heterocycles. The summed E-state index contributed by atoms with van der Waals surface area (Å²) in [6, 6.07) is 33.4. The van der Waals surface area contributed by atoms with Crippen LogP contribution in [0.2, 0.25) is 0 Å². The summed E-state index contributed by atoms with van der Waals surface area (Å²) < 4.78 is 11.5. The van der Waals surface area contributed by atoms with Crippen LogP contribution < -0.4 is 0 Å². The Bertz CT molecular complexity index is 1160. The zero-order valence-electron chi connectivity index (χ0n) is 19.2. The number of benzene rings is 4. The minimum Gasteiger partial charge on any atom is -0.454 e. The molecule has 4 aromatic carbocycles. The van der Waals surface area contributed by atoms with E-state index in [1.807, 2.05) is 98.8 Å². The second-order valence-electron chi connectivity index (χ2n) is 8.01. The van der Waals surface area contributed by atoms with Gasteiger partial charge in [0.15, 0.2) is 0 Å². The SMILES string of the molecule is CC(OC(=O)c1ccccc1-c1ccccc1C(=O)OC(C)c1ccccc1)c1ccccc1. The first-order valence-corrected chi connectivity index (χ1v) is 11.2. The Kier molecular flexibility index (Phi) is 7.19. The Hall–Kier alpha value is -4.18. The molecule has 170 valence electrons. The summed E-state index contributed by atoms with van der Waals surface area (Å²) in [5.74, 6) is -0.902. The molecule has 0 fully saturated rings. The Morgan fingerprint density at radius 3 is 1.21 bits per heavy atom. The number of carbonyl (C=O) groups excluding carboxylic acids is 2. The van der Waals surface area contributed by atoms with E-state index in [0.717, 1.165) is 11.1 Å². The predicted octanol–water partition coefficient (Wildman–Crippen LogP) is 7.19. The van der Waals surface area contributed by atoms with Gasteiger partial charge in [0.05, 0.1) is 11.1 Å². The Labute approximate surface area is 199 Å². The molecule has 0 heterocycles. The monoisotopic (exact) mass is 450 g/mol. The quantitative estimate of drug-likeness (QED) is 0.280. The molecular weight excluding hydrogens is 424 g/mol. The number of carbonyl (C=O) groups is 2. The summed E-state index contributed by atoms with van der Waals surface area (Å²) in [7, 11) is 0. The Morgan fingerprint density at radius 2 is 0.824 bits per heavy atom. The van der Waals surface area contributed by atoms with Crippen LogP contribution in [0.15, 0.2) is 109 Å². The fourth-order valence-corrected chi connectivity index (χ4v) is 3.82. The van der Waals surface area contributed by atoms with E-state index in [4.69, 9.17) is 9.47 Å². The van der Waals surface area contributed by atoms with Crippen molar-refractivity contribution in [2.24, 2.45) is 0 Å². The molecule has 2 unspecified atom stereocenters. The van der Waals surface area contributed by atoms with Crippen LogP contribution in [0.5, 0.6) is 0 Å². The van der Waals surface area contributed by atoms with Crippen LogP contribution in [0.3, 0.4) is 0 Å². The zero-order valence-corrected chi connectivity index (χ0v) is 19.2. The summed E-state index contributed by atoms with van der Waals surface area (Å²) in [6.07, 6.45) is -0.817. The maximum Gasteiger partial charge on any atom is 0.339 e. The minimum atomic E-state index is -0.451. The van der Waals surface area contributed by atoms with Crippen molar-refractivity contribution in [1.82, 2.24) is 0 Å². The molecule has 4 heteroatoms. The molecule has 0 bridgehead atoms. The molecule has 0 aliphatic carbocycles. The molecule has 0 saturated heterocycles. The summed E-state index contributed by atoms with van der Waals surface area (Å²) in [4.78, 5) is 26.3. The maximum atomic E-state index is 13.1. The van der Waals surface area contributed by atoms with Gasteiger partial charge in [-0.25, -0.2) is 9.59 Å². The topological polar surface area (TPSA) is 52.6 Å². The van der Waals surface area contributed by atoms with Crippen molar-refractivity contribution in [2.75, 3.05) is 0 Å². The van der Waals surface area contributed by atoms with Crippen molar-refractivity contribution in [2.45, 2.75) is 26.1 Å². The largest absolute Gasteiger partial charge is 0.454 e. The van der Waals surface area contributed by atoms with Crippen LogP contribution in [-0.2, 0) is 9.47 Å². The van der Waals surface area contributed by atoms with E-state index in [1.165, 1.54) is 0 Å². The normalized spacial score (nSPS) is 12.4. The fourth-order valence-electron chi connectivity index (χ4n) is 3.82. The number of ether oxygens (including phenoxy) is 2. The zero-order chi connectivity index (χ0) is 23.9. The average molecular weight is 451 g/mol. The first-order valence-electron chi connectivity index (χ1n) is 11.2. The number of rotatable bonds is 7. The van der Waals surface area contributed by atoms with E-state index in [2.05, 4.69) is 0 Å². The highest BCUT2D eigenvalue weighted by Crippen LogP contribution is 2.30. The second-order valence-corrected chi connectivity index (χ2v) is 8.01. The van der Waals surface area contributed by atoms with Crippen molar-refractivity contribution in [3.05, 3.63) is 131 Å². The highest BCUT2D eigenvalue weighted by atomic mass is 16.5. The van der Waals surface area contributed by atoms with E-state index < -0.39 is 24.1 Å². The molecule has 0 spiro atoms. The second kappa shape index (κ2) is 10.6. The van der Waals surface area contributed by atoms with Crippen LogP contribution in [0, 0.1) is 0 Å². The fraction of sp³-hybridized carbons (Fsp3) is 0.133. The first kappa shape index (κ1) is 23.0. The Balaban J connectivity index is 1.61. The summed E-state index contributed by atoms with van der Waals surface area (Å²) in [6.45, 7) is 3.68. The average Bonchev–Trinajstić information content (AvgIpc) is 2.89. The van der Waals surface area contributed by atoms with Crippen molar-refractivity contribution in [1.29, 1.82) is 0 Å². The van der Waals surface area contributed by atoms with Gasteiger partial charge in [0.25, 0.3) is 0 Å². The molecule has 0 N–H and O–H groups in total. The number of hydrogen-bond donors (Lipinski definition) is 0. The molecule has 0 radical (unpaired) electrons. The highest BCUT2D eigenvalue weighted by molar-refractivity contribution is 6.03. The minimum absolute atomic E-state index is 0.390. The molecule has 0 saturated carbocycles. The third kappa shape index (κ3) is 5.24. The van der Waals surface area contributed by atoms with E-state index in [-0.39, 0.29) is 0 Å². The van der Waals surface area contributed by atoms with Crippen molar-refractivity contribution in [3.63, 3.8) is 0 Å². The number of hydrogen-bond acceptors (Lipinski definition) is 4. The third-order valence-corrected chi connectivity index (χ3v) is 5.69. The lowest BCUT2D eigenvalue weighted by Gasteiger charge is -2.18. The van der Waals surface area contributed by atoms with E-state index in [1.54, 1.807) is 24.3 Å². The van der Waals surface area contributed by atoms with Crippen LogP contribution in [0.4, 0.5) is 0 Å². The standard InChI is InChI=1S/C30H26O4/c1-21(23-13-5-3-6-14-23)33-29(31)27-19-11-9-17-25(27)26-18-10-12-20-28(26)30(32)34-22(2)24-15-7-4-8-16-24/h3-22H,1-2H3. The maximum absolute atomic E-state index is 13.1. The van der Waals surface area contributed by atoms with Gasteiger partial charge >= 0.3 is 11.9 Å². The lowest BCUT2D eigenvalue weighted by atomic mass is 9.95. The van der Waals surface area contributed by atoms with Gasteiger partial charge in [0.2, 0.25) is 0 Å². The Morgan fingerprint density at radius 1 is 0.500 bits per heavy atom. The van der Waals surface area contributed by atoms with Gasteiger partial charge in [-0.1, -0.05) is 97.1 Å². The van der Waals surface area contributed by atoms with Crippen LogP contribution in [-0.4, -0.2) is 11.9 Å². The highest BCUT2D eigenvalue weighted by Gasteiger charge is 2.22. The van der Waals surface area contributed by atoms with Gasteiger partial charge in [0, 0.05) is 0 Å². The van der Waals surface area contributed by atoms with E-state index >= 15 is 0 Å². The van der Waals surface area contributed by atoms with Gasteiger partial charge in [-0.3, -0.25) is 0 Å². The van der Waals surface area contributed by atoms with Crippen LogP contribution in [0.25, 0.3) is 11.1 Å². The van der Waals surface area contributed by atoms with Crippen LogP contribution in [0.1, 0.15) is 57.9 Å². The lowest BCUT2D eigenvalue weighted by Crippen LogP contribution is -2.13. The van der Waals surface area contributed by atoms with Gasteiger partial charge in [-0.15, -0.1) is 0 Å². The molecule has 0 amide bonds. The molecule has 4 rings (SSSR count). The first-order chi connectivity index (χ1) is 16.5. The van der Waals surface area contributed by atoms with Crippen molar-refractivity contribution >= 4 is 11.9 Å². The van der Waals surface area contributed by atoms with Crippen molar-refractivity contribution in [3.8, 4) is 11.1 Å². The van der Waals surface area contributed by atoms with E-state index in [9.17, 15) is 9.59 Å². The molecule has 4 aromatic rings. The summed E-state index contributed by atoms with van der Waals surface area (Å²) in [5.41, 5.74) is 3.84. The molecule has 0 aliphatic heterocycles. The van der Waals surface area contributed by atoms with E-state index in [0.29, 0.717) is 22.3 Å². The van der Waals surface area contributed by atoms with Crippen LogP contribution >= 0.6 is 0 Å². The lowest BCUT2D eigenvalue weighted by molar-refractivity contribution is 0.0326. The van der Waals surface area contributed by atoms with Gasteiger partial charge in [-0.2, -0.15) is 0 Å². The predicted molar refractivity (Wildman–Crippen MR) is 132 cm³/mol. The third-order valence-electron chi connectivity index (χ3n) is 5.69. The van der Waals surface area contributed by atoms with Gasteiger partial charge < -0.3 is 9.47 Å². The van der Waals surface area contributed by atoms with Gasteiger partial charge in [-0.05, 0) is 48.2 Å². The number of esters is 2. The smallest absolute Gasteiger partial charge is 0.339 e. The molecule has 2 atom stereocenters. The molecule has 4 nitrogen and oxygen atoms in total. The molecule has 34 heavy (non-hydrogen) atoms. The van der Waals surface area contributed by atoms with Gasteiger partial charge in [0.1, 0.15) is 12.2 Å². The summed E-state index contributed by atoms with van der Waals surface area (Å²) >= 11 is 0. The molecule has 0 aliphatic rings.